The monoisotopic (exact) mass is 124 g/mol. The molecule has 9 heavy (non-hydrogen) atoms. The Labute approximate surface area is 53.3 Å². The predicted molar refractivity (Wildman–Crippen MR) is 32.8 cm³/mol. The van der Waals surface area contributed by atoms with Gasteiger partial charge in [0.05, 0.1) is 0 Å². The number of hydrogen-bond donors (Lipinski definition) is 1. The van der Waals surface area contributed by atoms with Crippen molar-refractivity contribution in [2.75, 3.05) is 6.54 Å². The molecule has 1 atom stereocenters. The molecular formula is C6H8N2O. The Morgan fingerprint density at radius 2 is 2.56 bits per heavy atom. The van der Waals surface area contributed by atoms with Crippen molar-refractivity contribution in [2.24, 2.45) is 0 Å². The first-order valence-electron chi connectivity index (χ1n) is 3.10. The minimum atomic E-state index is 0.0735. The van der Waals surface area contributed by atoms with Crippen LogP contribution in [0.5, 0.6) is 0 Å². The number of nitrogens with one attached hydrogen (secondary N) is 1. The van der Waals surface area contributed by atoms with E-state index in [9.17, 15) is 4.79 Å². The fraction of sp³-hybridized carbons (Fsp3) is 0.500. The number of nitrogens with zero attached hydrogens (tertiary/aromatic N) is 1. The molecule has 0 saturated carbocycles. The van der Waals surface area contributed by atoms with E-state index in [4.69, 9.17) is 0 Å². The van der Waals surface area contributed by atoms with Crippen LogP contribution in [0.3, 0.4) is 0 Å². The van der Waals surface area contributed by atoms with Gasteiger partial charge < -0.3 is 10.2 Å². The molecule has 0 aliphatic carbocycles. The Morgan fingerprint density at radius 1 is 1.67 bits per heavy atom. The molecule has 3 nitrogen and oxygen atoms in total. The van der Waals surface area contributed by atoms with Crippen LogP contribution in [0.2, 0.25) is 0 Å². The van der Waals surface area contributed by atoms with Gasteiger partial charge in [0.2, 0.25) is 0 Å². The Morgan fingerprint density at radius 3 is 3.11 bits per heavy atom. The average molecular weight is 124 g/mol. The third-order valence-electron chi connectivity index (χ3n) is 1.76. The summed E-state index contributed by atoms with van der Waals surface area (Å²) in [5.74, 6) is 0. The van der Waals surface area contributed by atoms with Crippen LogP contribution < -0.4 is 5.32 Å². The van der Waals surface area contributed by atoms with E-state index in [-0.39, 0.29) is 6.03 Å². The molecule has 2 aliphatic heterocycles. The second-order valence-electron chi connectivity index (χ2n) is 2.32. The Hall–Kier alpha value is -0.990. The van der Waals surface area contributed by atoms with E-state index in [0.29, 0.717) is 6.17 Å². The van der Waals surface area contributed by atoms with Crippen molar-refractivity contribution in [3.63, 3.8) is 0 Å². The summed E-state index contributed by atoms with van der Waals surface area (Å²) in [4.78, 5) is 12.5. The molecule has 0 aromatic rings. The molecule has 1 saturated heterocycles. The van der Waals surface area contributed by atoms with E-state index in [1.807, 2.05) is 11.0 Å². The van der Waals surface area contributed by atoms with Crippen LogP contribution in [0.4, 0.5) is 4.79 Å². The van der Waals surface area contributed by atoms with Gasteiger partial charge in [0, 0.05) is 13.0 Å². The normalized spacial score (nSPS) is 30.9. The maximum absolute atomic E-state index is 10.6. The molecule has 2 aliphatic rings. The lowest BCUT2D eigenvalue weighted by atomic mass is 10.1. The number of amides is 2. The number of hydrogen-bond acceptors (Lipinski definition) is 1. The molecule has 2 rings (SSSR count). The van der Waals surface area contributed by atoms with Gasteiger partial charge in [-0.3, -0.25) is 0 Å². The molecule has 1 N–H and O–H groups in total. The zero-order valence-electron chi connectivity index (χ0n) is 5.00. The maximum Gasteiger partial charge on any atom is 0.320 e. The lowest BCUT2D eigenvalue weighted by Crippen LogP contribution is -2.66. The van der Waals surface area contributed by atoms with Crippen LogP contribution in [-0.2, 0) is 0 Å². The maximum atomic E-state index is 10.6. The fourth-order valence-corrected chi connectivity index (χ4v) is 1.19. The number of rotatable bonds is 0. The van der Waals surface area contributed by atoms with Crippen LogP contribution in [0.1, 0.15) is 6.42 Å². The molecule has 0 spiro atoms. The number of fused-ring (bicyclic) bond motifs is 1. The lowest BCUT2D eigenvalue weighted by molar-refractivity contribution is 0.112. The van der Waals surface area contributed by atoms with Crippen molar-refractivity contribution in [2.45, 2.75) is 12.6 Å². The van der Waals surface area contributed by atoms with Crippen LogP contribution in [-0.4, -0.2) is 23.6 Å². The standard InChI is InChI=1S/C6H8N2O/c9-6-7-5-3-1-2-4-8(5)6/h1-2,5H,3-4H2,(H,7,9)/t5-/m1/s1. The molecule has 0 bridgehead atoms. The largest absolute Gasteiger partial charge is 0.320 e. The Kier molecular flexibility index (Phi) is 0.806. The van der Waals surface area contributed by atoms with Crippen LogP contribution >= 0.6 is 0 Å². The summed E-state index contributed by atoms with van der Waals surface area (Å²) in [6, 6.07) is 0.0735. The smallest absolute Gasteiger partial charge is 0.317 e. The fourth-order valence-electron chi connectivity index (χ4n) is 1.19. The van der Waals surface area contributed by atoms with Crippen molar-refractivity contribution in [3.05, 3.63) is 12.2 Å². The van der Waals surface area contributed by atoms with Crippen molar-refractivity contribution >= 4 is 6.03 Å². The van der Waals surface area contributed by atoms with E-state index in [1.165, 1.54) is 0 Å². The summed E-state index contributed by atoms with van der Waals surface area (Å²) >= 11 is 0. The number of urea groups is 1. The first-order chi connectivity index (χ1) is 4.38. The zero-order valence-corrected chi connectivity index (χ0v) is 5.00. The van der Waals surface area contributed by atoms with Gasteiger partial charge in [0.25, 0.3) is 0 Å². The van der Waals surface area contributed by atoms with Crippen molar-refractivity contribution in [1.82, 2.24) is 10.2 Å². The first-order valence-corrected chi connectivity index (χ1v) is 3.10. The van der Waals surface area contributed by atoms with Crippen LogP contribution in [0.25, 0.3) is 0 Å². The van der Waals surface area contributed by atoms with Crippen LogP contribution in [0, 0.1) is 0 Å². The third kappa shape index (κ3) is 0.542. The molecule has 0 aromatic carbocycles. The molecule has 48 valence electrons. The predicted octanol–water partition coefficient (Wildman–Crippen LogP) is 0.298. The molecule has 3 heteroatoms. The topological polar surface area (TPSA) is 32.3 Å². The van der Waals surface area contributed by atoms with Gasteiger partial charge in [0.15, 0.2) is 0 Å². The highest BCUT2D eigenvalue weighted by Crippen LogP contribution is 2.15. The second-order valence-corrected chi connectivity index (χ2v) is 2.32. The van der Waals surface area contributed by atoms with Gasteiger partial charge in [-0.05, 0) is 0 Å². The van der Waals surface area contributed by atoms with E-state index < -0.39 is 0 Å². The van der Waals surface area contributed by atoms with Gasteiger partial charge in [-0.25, -0.2) is 4.79 Å². The van der Waals surface area contributed by atoms with Gasteiger partial charge in [-0.15, -0.1) is 0 Å². The quantitative estimate of drug-likeness (QED) is 0.463. The number of carbonyl (C=O) groups excluding carboxylic acids is 1. The highest BCUT2D eigenvalue weighted by atomic mass is 16.2. The van der Waals surface area contributed by atoms with Gasteiger partial charge in [-0.2, -0.15) is 0 Å². The van der Waals surface area contributed by atoms with Gasteiger partial charge in [-0.1, -0.05) is 12.2 Å². The second kappa shape index (κ2) is 1.50. The van der Waals surface area contributed by atoms with E-state index in [2.05, 4.69) is 11.4 Å². The molecule has 0 unspecified atom stereocenters. The average Bonchev–Trinajstić information content (AvgIpc) is 1.86. The van der Waals surface area contributed by atoms with E-state index >= 15 is 0 Å². The molecule has 0 radical (unpaired) electrons. The van der Waals surface area contributed by atoms with E-state index in [1.54, 1.807) is 0 Å². The van der Waals surface area contributed by atoms with E-state index in [0.717, 1.165) is 13.0 Å². The SMILES string of the molecule is O=C1N[C@H]2CC=CCN12. The van der Waals surface area contributed by atoms with Crippen molar-refractivity contribution in [1.29, 1.82) is 0 Å². The van der Waals surface area contributed by atoms with Gasteiger partial charge >= 0.3 is 6.03 Å². The molecule has 2 heterocycles. The molecular weight excluding hydrogens is 116 g/mol. The lowest BCUT2D eigenvalue weighted by Gasteiger charge is -2.42. The van der Waals surface area contributed by atoms with Crippen molar-refractivity contribution in [3.8, 4) is 0 Å². The summed E-state index contributed by atoms with van der Waals surface area (Å²) in [5.41, 5.74) is 0. The zero-order chi connectivity index (χ0) is 6.27. The van der Waals surface area contributed by atoms with Crippen molar-refractivity contribution < 1.29 is 4.79 Å². The molecule has 1 fully saturated rings. The Bertz CT molecular complexity index is 176. The van der Waals surface area contributed by atoms with Gasteiger partial charge in [0.1, 0.15) is 6.17 Å². The highest BCUT2D eigenvalue weighted by Gasteiger charge is 2.34. The summed E-state index contributed by atoms with van der Waals surface area (Å²) in [6.45, 7) is 0.788. The summed E-state index contributed by atoms with van der Waals surface area (Å²) in [6.07, 6.45) is 5.39. The first kappa shape index (κ1) is 4.85. The minimum Gasteiger partial charge on any atom is -0.317 e. The third-order valence-corrected chi connectivity index (χ3v) is 1.76. The Balaban J connectivity index is 2.12. The highest BCUT2D eigenvalue weighted by molar-refractivity contribution is 5.80. The summed E-state index contributed by atoms with van der Waals surface area (Å²) < 4.78 is 0. The number of carbonyl (C=O) groups is 1. The summed E-state index contributed by atoms with van der Waals surface area (Å²) in [5, 5.41) is 2.78. The minimum absolute atomic E-state index is 0.0735. The molecule has 2 amide bonds. The summed E-state index contributed by atoms with van der Waals surface area (Å²) in [7, 11) is 0. The molecule has 0 aromatic heterocycles. The van der Waals surface area contributed by atoms with Crippen LogP contribution in [0.15, 0.2) is 12.2 Å².